The molecule has 2 aromatic rings. The number of amides is 2. The number of carbonyl (C=O) groups excluding carboxylic acids is 2. The Morgan fingerprint density at radius 1 is 1.14 bits per heavy atom. The number of nitrogens with two attached hydrogens (primary N) is 1. The topological polar surface area (TPSA) is 90.6 Å². The first-order chi connectivity index (χ1) is 13.5. The van der Waals surface area contributed by atoms with Crippen LogP contribution in [-0.2, 0) is 20.9 Å². The van der Waals surface area contributed by atoms with E-state index in [-0.39, 0.29) is 12.5 Å². The second-order valence-electron chi connectivity index (χ2n) is 8.10. The van der Waals surface area contributed by atoms with Crippen molar-refractivity contribution in [3.8, 4) is 0 Å². The highest BCUT2D eigenvalue weighted by molar-refractivity contribution is 9.10. The average Bonchev–Trinajstić information content (AvgIpc) is 2.61. The number of carbonyl (C=O) groups is 2. The highest BCUT2D eigenvalue weighted by atomic mass is 79.9. The zero-order chi connectivity index (χ0) is 21.6. The van der Waals surface area contributed by atoms with Gasteiger partial charge in [0.2, 0.25) is 5.91 Å². The molecule has 6 nitrogen and oxygen atoms in total. The van der Waals surface area contributed by atoms with Gasteiger partial charge in [-0.25, -0.2) is 4.79 Å². The summed E-state index contributed by atoms with van der Waals surface area (Å²) in [4.78, 5) is 23.4. The molecule has 0 aromatic heterocycles. The molecule has 7 heteroatoms. The van der Waals surface area contributed by atoms with Crippen molar-refractivity contribution in [3.63, 3.8) is 0 Å². The van der Waals surface area contributed by atoms with Gasteiger partial charge in [-0.1, -0.05) is 34.1 Å². The first-order valence-electron chi connectivity index (χ1n) is 9.61. The van der Waals surface area contributed by atoms with Crippen LogP contribution in [0.2, 0.25) is 0 Å². The van der Waals surface area contributed by atoms with Gasteiger partial charge in [-0.3, -0.25) is 4.79 Å². The summed E-state index contributed by atoms with van der Waals surface area (Å²) in [6.07, 6.45) is -0.350. The van der Waals surface area contributed by atoms with Crippen molar-refractivity contribution in [3.05, 3.63) is 46.4 Å². The van der Waals surface area contributed by atoms with E-state index >= 15 is 0 Å². The predicted octanol–water partition coefficient (Wildman–Crippen LogP) is 4.67. The summed E-state index contributed by atoms with van der Waals surface area (Å²) < 4.78 is 12.3. The Balaban J connectivity index is 2.02. The number of ether oxygens (including phenoxy) is 2. The van der Waals surface area contributed by atoms with Gasteiger partial charge in [0.05, 0.1) is 18.8 Å². The van der Waals surface area contributed by atoms with Gasteiger partial charge in [-0.05, 0) is 68.7 Å². The summed E-state index contributed by atoms with van der Waals surface area (Å²) in [5.74, 6) is -0.423. The van der Waals surface area contributed by atoms with Gasteiger partial charge in [-0.15, -0.1) is 0 Å². The smallest absolute Gasteiger partial charge is 0.407 e. The zero-order valence-electron chi connectivity index (χ0n) is 17.3. The molecule has 0 saturated heterocycles. The lowest BCUT2D eigenvalue weighted by atomic mass is 10.1. The number of fused-ring (bicyclic) bond motifs is 1. The standard InChI is InChI=1S/C22H29BrN2O4/c1-14(19(9-10-20(24)26)25-21(27)29-22(2,3)4)28-13-15-5-6-16-7-8-18(23)12-17(16)11-15/h5-8,11-12,14,19H,9-10,13H2,1-4H3,(H2,24,26)(H,25,27)/t14-,19+/m1/s1. The van der Waals surface area contributed by atoms with Crippen LogP contribution < -0.4 is 11.1 Å². The monoisotopic (exact) mass is 464 g/mol. The van der Waals surface area contributed by atoms with Crippen LogP contribution in [0.3, 0.4) is 0 Å². The van der Waals surface area contributed by atoms with Gasteiger partial charge in [0, 0.05) is 10.9 Å². The molecule has 0 saturated carbocycles. The number of benzene rings is 2. The number of rotatable bonds is 8. The normalized spacial score (nSPS) is 13.7. The molecule has 2 aromatic carbocycles. The number of primary amides is 1. The SMILES string of the molecule is C[C@@H](OCc1ccc2ccc(Br)cc2c1)[C@H](CCC(N)=O)NC(=O)OC(C)(C)C. The number of nitrogens with one attached hydrogen (secondary N) is 1. The number of alkyl carbamates (subject to hydrolysis) is 1. The molecule has 158 valence electrons. The van der Waals surface area contributed by atoms with Crippen LogP contribution >= 0.6 is 15.9 Å². The van der Waals surface area contributed by atoms with Crippen molar-refractivity contribution in [2.45, 2.75) is 64.9 Å². The summed E-state index contributed by atoms with van der Waals surface area (Å²) in [5.41, 5.74) is 5.69. The molecule has 2 atom stereocenters. The number of halogens is 1. The van der Waals surface area contributed by atoms with Gasteiger partial charge in [0.1, 0.15) is 5.60 Å². The first kappa shape index (κ1) is 23.2. The van der Waals surface area contributed by atoms with E-state index in [0.717, 1.165) is 20.8 Å². The minimum Gasteiger partial charge on any atom is -0.444 e. The van der Waals surface area contributed by atoms with Crippen molar-refractivity contribution in [2.75, 3.05) is 0 Å². The molecule has 2 amide bonds. The molecular formula is C22H29BrN2O4. The van der Waals surface area contributed by atoms with Crippen molar-refractivity contribution < 1.29 is 19.1 Å². The first-order valence-corrected chi connectivity index (χ1v) is 10.4. The Hall–Kier alpha value is -2.12. The maximum absolute atomic E-state index is 12.2. The van der Waals surface area contributed by atoms with E-state index in [1.54, 1.807) is 20.8 Å². The molecule has 0 fully saturated rings. The Kier molecular flexibility index (Phi) is 8.05. The van der Waals surface area contributed by atoms with E-state index in [9.17, 15) is 9.59 Å². The zero-order valence-corrected chi connectivity index (χ0v) is 18.9. The fourth-order valence-electron chi connectivity index (χ4n) is 2.88. The summed E-state index contributed by atoms with van der Waals surface area (Å²) in [6, 6.07) is 11.9. The maximum atomic E-state index is 12.2. The molecule has 0 radical (unpaired) electrons. The summed E-state index contributed by atoms with van der Waals surface area (Å²) in [7, 11) is 0. The summed E-state index contributed by atoms with van der Waals surface area (Å²) in [5, 5.41) is 5.07. The van der Waals surface area contributed by atoms with Gasteiger partial charge in [0.25, 0.3) is 0 Å². The third-order valence-corrected chi connectivity index (χ3v) is 4.84. The lowest BCUT2D eigenvalue weighted by molar-refractivity contribution is -0.118. The second-order valence-corrected chi connectivity index (χ2v) is 9.02. The van der Waals surface area contributed by atoms with E-state index in [1.165, 1.54) is 0 Å². The van der Waals surface area contributed by atoms with E-state index in [2.05, 4.69) is 45.5 Å². The van der Waals surface area contributed by atoms with Crippen LogP contribution in [-0.4, -0.2) is 29.7 Å². The quantitative estimate of drug-likeness (QED) is 0.593. The number of hydrogen-bond donors (Lipinski definition) is 2. The molecule has 0 aliphatic heterocycles. The van der Waals surface area contributed by atoms with Gasteiger partial charge in [-0.2, -0.15) is 0 Å². The fourth-order valence-corrected chi connectivity index (χ4v) is 3.26. The fraction of sp³-hybridized carbons (Fsp3) is 0.455. The van der Waals surface area contributed by atoms with Gasteiger partial charge < -0.3 is 20.5 Å². The average molecular weight is 465 g/mol. The minimum atomic E-state index is -0.609. The van der Waals surface area contributed by atoms with Crippen LogP contribution in [0.5, 0.6) is 0 Å². The van der Waals surface area contributed by atoms with Gasteiger partial charge >= 0.3 is 6.09 Å². The summed E-state index contributed by atoms with van der Waals surface area (Å²) in [6.45, 7) is 7.63. The molecule has 0 heterocycles. The van der Waals surface area contributed by atoms with E-state index < -0.39 is 23.6 Å². The van der Waals surface area contributed by atoms with Crippen molar-refractivity contribution >= 4 is 38.7 Å². The predicted molar refractivity (Wildman–Crippen MR) is 117 cm³/mol. The Morgan fingerprint density at radius 2 is 1.83 bits per heavy atom. The highest BCUT2D eigenvalue weighted by Crippen LogP contribution is 2.22. The molecule has 0 spiro atoms. The Bertz CT molecular complexity index is 864. The van der Waals surface area contributed by atoms with Crippen LogP contribution in [0.25, 0.3) is 10.8 Å². The molecule has 0 aliphatic carbocycles. The second kappa shape index (κ2) is 10.1. The van der Waals surface area contributed by atoms with Crippen molar-refractivity contribution in [1.82, 2.24) is 5.32 Å². The van der Waals surface area contributed by atoms with Crippen LogP contribution in [0.1, 0.15) is 46.1 Å². The third kappa shape index (κ3) is 8.03. The molecule has 29 heavy (non-hydrogen) atoms. The van der Waals surface area contributed by atoms with Crippen LogP contribution in [0, 0.1) is 0 Å². The third-order valence-electron chi connectivity index (χ3n) is 4.35. The van der Waals surface area contributed by atoms with Gasteiger partial charge in [0.15, 0.2) is 0 Å². The van der Waals surface area contributed by atoms with E-state index in [4.69, 9.17) is 15.2 Å². The van der Waals surface area contributed by atoms with Crippen molar-refractivity contribution in [1.29, 1.82) is 0 Å². The maximum Gasteiger partial charge on any atom is 0.407 e. The lowest BCUT2D eigenvalue weighted by Crippen LogP contribution is -2.45. The molecular weight excluding hydrogens is 436 g/mol. The van der Waals surface area contributed by atoms with E-state index in [0.29, 0.717) is 13.0 Å². The molecule has 3 N–H and O–H groups in total. The van der Waals surface area contributed by atoms with Crippen LogP contribution in [0.4, 0.5) is 4.79 Å². The van der Waals surface area contributed by atoms with Crippen molar-refractivity contribution in [2.24, 2.45) is 5.73 Å². The lowest BCUT2D eigenvalue weighted by Gasteiger charge is -2.27. The molecule has 0 aliphatic rings. The molecule has 2 rings (SSSR count). The van der Waals surface area contributed by atoms with Crippen LogP contribution in [0.15, 0.2) is 40.9 Å². The largest absolute Gasteiger partial charge is 0.444 e. The molecule has 0 unspecified atom stereocenters. The Labute approximate surface area is 180 Å². The number of hydrogen-bond acceptors (Lipinski definition) is 4. The van der Waals surface area contributed by atoms with E-state index in [1.807, 2.05) is 19.1 Å². The highest BCUT2D eigenvalue weighted by Gasteiger charge is 2.24. The minimum absolute atomic E-state index is 0.151. The summed E-state index contributed by atoms with van der Waals surface area (Å²) >= 11 is 3.49. The Morgan fingerprint density at radius 3 is 2.48 bits per heavy atom. The molecule has 0 bridgehead atoms.